The van der Waals surface area contributed by atoms with Crippen molar-refractivity contribution >= 4 is 17.5 Å². The first-order valence-corrected chi connectivity index (χ1v) is 12.5. The van der Waals surface area contributed by atoms with E-state index in [4.69, 9.17) is 4.74 Å². The van der Waals surface area contributed by atoms with Crippen LogP contribution < -0.4 is 0 Å². The van der Waals surface area contributed by atoms with E-state index in [1.807, 2.05) is 6.92 Å². The molecule has 186 valence electrons. The second kappa shape index (κ2) is 12.9. The number of ether oxygens (including phenoxy) is 1. The highest BCUT2D eigenvalue weighted by atomic mass is 16.5. The number of carbonyl (C=O) groups is 3. The van der Waals surface area contributed by atoms with E-state index in [0.717, 1.165) is 12.0 Å². The summed E-state index contributed by atoms with van der Waals surface area (Å²) in [6, 6.07) is 0. The minimum atomic E-state index is -0.518. The van der Waals surface area contributed by atoms with Crippen LogP contribution in [0.4, 0.5) is 0 Å². The molecular weight excluding hydrogens is 416 g/mol. The summed E-state index contributed by atoms with van der Waals surface area (Å²) in [5, 5.41) is 11.4. The van der Waals surface area contributed by atoms with Gasteiger partial charge in [0.15, 0.2) is 11.5 Å². The minimum absolute atomic E-state index is 0.0347. The number of allylic oxidation sites excluding steroid dienone is 4. The summed E-state index contributed by atoms with van der Waals surface area (Å²) in [5.41, 5.74) is 1.40. The molecule has 0 aromatic rings. The van der Waals surface area contributed by atoms with Gasteiger partial charge in [0.2, 0.25) is 5.78 Å². The van der Waals surface area contributed by atoms with Gasteiger partial charge in [-0.15, -0.1) is 0 Å². The molecule has 1 aliphatic carbocycles. The maximum absolute atomic E-state index is 13.8. The van der Waals surface area contributed by atoms with E-state index >= 15 is 0 Å². The van der Waals surface area contributed by atoms with Gasteiger partial charge in [-0.25, -0.2) is 0 Å². The number of ketones is 2. The average Bonchev–Trinajstić information content (AvgIpc) is 2.66. The number of esters is 1. The van der Waals surface area contributed by atoms with Gasteiger partial charge < -0.3 is 9.84 Å². The van der Waals surface area contributed by atoms with Gasteiger partial charge in [0, 0.05) is 17.9 Å². The van der Waals surface area contributed by atoms with Gasteiger partial charge in [0.05, 0.1) is 5.57 Å². The van der Waals surface area contributed by atoms with Crippen LogP contribution >= 0.6 is 0 Å². The Balaban J connectivity index is 3.93. The Labute approximate surface area is 200 Å². The van der Waals surface area contributed by atoms with Gasteiger partial charge in [0.25, 0.3) is 0 Å². The zero-order valence-electron chi connectivity index (χ0n) is 22.1. The van der Waals surface area contributed by atoms with Crippen LogP contribution in [-0.2, 0) is 19.1 Å². The quantitative estimate of drug-likeness (QED) is 0.192. The second-order valence-electron chi connectivity index (χ2n) is 10.7. The number of Topliss-reactive ketones (excluding diaryl/α,β-unsaturated/α-hetero) is 2. The van der Waals surface area contributed by atoms with E-state index in [2.05, 4.69) is 41.5 Å². The fourth-order valence-electron chi connectivity index (χ4n) is 4.01. The van der Waals surface area contributed by atoms with Gasteiger partial charge in [-0.2, -0.15) is 0 Å². The zero-order valence-corrected chi connectivity index (χ0v) is 22.1. The summed E-state index contributed by atoms with van der Waals surface area (Å²) >= 11 is 0. The van der Waals surface area contributed by atoms with Crippen molar-refractivity contribution in [1.29, 1.82) is 0 Å². The Morgan fingerprint density at radius 1 is 0.909 bits per heavy atom. The van der Waals surface area contributed by atoms with E-state index < -0.39 is 17.7 Å². The highest BCUT2D eigenvalue weighted by molar-refractivity contribution is 6.29. The number of aliphatic hydroxyl groups excluding tert-OH is 1. The van der Waals surface area contributed by atoms with Crippen LogP contribution in [0, 0.1) is 23.7 Å². The van der Waals surface area contributed by atoms with E-state index in [0.29, 0.717) is 37.2 Å². The lowest BCUT2D eigenvalue weighted by molar-refractivity contribution is -0.139. The Morgan fingerprint density at radius 3 is 1.88 bits per heavy atom. The van der Waals surface area contributed by atoms with Crippen molar-refractivity contribution in [2.75, 3.05) is 0 Å². The van der Waals surface area contributed by atoms with E-state index in [1.54, 1.807) is 13.8 Å². The molecule has 5 heteroatoms. The highest BCUT2D eigenvalue weighted by Gasteiger charge is 2.39. The fraction of sp³-hybridized carbons (Fsp3) is 0.679. The molecule has 0 atom stereocenters. The lowest BCUT2D eigenvalue weighted by Gasteiger charge is -2.27. The Bertz CT molecular complexity index is 822. The molecule has 5 nitrogen and oxygen atoms in total. The third-order valence-corrected chi connectivity index (χ3v) is 5.55. The largest absolute Gasteiger partial charge is 0.507 e. The number of aliphatic hydroxyl groups is 1. The van der Waals surface area contributed by atoms with Crippen molar-refractivity contribution in [3.8, 4) is 0 Å². The average molecular weight is 461 g/mol. The lowest BCUT2D eigenvalue weighted by atomic mass is 9.79. The second-order valence-corrected chi connectivity index (χ2v) is 10.7. The van der Waals surface area contributed by atoms with Crippen LogP contribution in [0.15, 0.2) is 33.8 Å². The molecule has 0 fully saturated rings. The number of hydrogen-bond donors (Lipinski definition) is 1. The normalized spacial score (nSPS) is 14.9. The van der Waals surface area contributed by atoms with Crippen molar-refractivity contribution in [2.24, 2.45) is 23.7 Å². The Morgan fingerprint density at radius 2 is 1.45 bits per heavy atom. The summed E-state index contributed by atoms with van der Waals surface area (Å²) in [6.07, 6.45) is 3.20. The monoisotopic (exact) mass is 460 g/mol. The van der Waals surface area contributed by atoms with Crippen LogP contribution in [-0.4, -0.2) is 22.6 Å². The predicted octanol–water partition coefficient (Wildman–Crippen LogP) is 7.03. The van der Waals surface area contributed by atoms with Crippen LogP contribution in [0.3, 0.4) is 0 Å². The van der Waals surface area contributed by atoms with E-state index in [1.165, 1.54) is 0 Å². The molecule has 0 aromatic heterocycles. The molecule has 0 amide bonds. The smallest absolute Gasteiger partial charge is 0.311 e. The zero-order chi connectivity index (χ0) is 25.5. The van der Waals surface area contributed by atoms with Crippen molar-refractivity contribution in [3.05, 3.63) is 33.8 Å². The molecule has 1 N–H and O–H groups in total. The Kier molecular flexibility index (Phi) is 11.3. The first-order chi connectivity index (χ1) is 15.3. The predicted molar refractivity (Wildman–Crippen MR) is 133 cm³/mol. The summed E-state index contributed by atoms with van der Waals surface area (Å²) in [6.45, 7) is 17.7. The van der Waals surface area contributed by atoms with Gasteiger partial charge in [-0.1, -0.05) is 67.9 Å². The van der Waals surface area contributed by atoms with Crippen LogP contribution in [0.2, 0.25) is 0 Å². The first-order valence-electron chi connectivity index (χ1n) is 12.5. The van der Waals surface area contributed by atoms with Gasteiger partial charge in [-0.05, 0) is 49.9 Å². The van der Waals surface area contributed by atoms with Crippen molar-refractivity contribution in [2.45, 2.75) is 101 Å². The third kappa shape index (κ3) is 7.97. The number of rotatable bonds is 12. The summed E-state index contributed by atoms with van der Waals surface area (Å²) < 4.78 is 5.65. The molecular formula is C28H44O5. The molecule has 0 heterocycles. The molecule has 0 spiro atoms. The topological polar surface area (TPSA) is 80.7 Å². The van der Waals surface area contributed by atoms with Crippen molar-refractivity contribution in [3.63, 3.8) is 0 Å². The fourth-order valence-corrected chi connectivity index (χ4v) is 4.01. The van der Waals surface area contributed by atoms with Crippen molar-refractivity contribution < 1.29 is 24.2 Å². The van der Waals surface area contributed by atoms with E-state index in [9.17, 15) is 19.5 Å². The lowest BCUT2D eigenvalue weighted by Crippen LogP contribution is -2.29. The van der Waals surface area contributed by atoms with Gasteiger partial charge in [0.1, 0.15) is 11.3 Å². The standard InChI is InChI=1S/C28H44O5/c1-10-11-22(29)33-28-21(13-12-16(2)3)26(31)23(20(14-17(4)5)15-18(6)7)27(32)24(28)25(30)19(8)9/h16-19,31H,10-15H2,1-9H3. The SMILES string of the molecule is CCCC(=O)OC1=C(C(=O)C(C)C)C(=O)C(=C(CC(C)C)CC(C)C)C(O)=C1CCC(C)C. The maximum atomic E-state index is 13.8. The first kappa shape index (κ1) is 28.9. The highest BCUT2D eigenvalue weighted by Crippen LogP contribution is 2.39. The third-order valence-electron chi connectivity index (χ3n) is 5.55. The van der Waals surface area contributed by atoms with Crippen LogP contribution in [0.1, 0.15) is 101 Å². The molecule has 0 bridgehead atoms. The molecule has 1 rings (SSSR count). The van der Waals surface area contributed by atoms with Crippen LogP contribution in [0.5, 0.6) is 0 Å². The van der Waals surface area contributed by atoms with Crippen molar-refractivity contribution in [1.82, 2.24) is 0 Å². The number of hydrogen-bond acceptors (Lipinski definition) is 5. The molecule has 0 aliphatic heterocycles. The molecule has 0 saturated heterocycles. The maximum Gasteiger partial charge on any atom is 0.311 e. The summed E-state index contributed by atoms with van der Waals surface area (Å²) in [4.78, 5) is 39.5. The van der Waals surface area contributed by atoms with Gasteiger partial charge in [-0.3, -0.25) is 14.4 Å². The molecule has 0 unspecified atom stereocenters. The van der Waals surface area contributed by atoms with Gasteiger partial charge >= 0.3 is 5.97 Å². The Hall–Kier alpha value is -2.17. The van der Waals surface area contributed by atoms with Crippen LogP contribution in [0.25, 0.3) is 0 Å². The van der Waals surface area contributed by atoms with E-state index in [-0.39, 0.29) is 46.7 Å². The molecule has 0 aromatic carbocycles. The minimum Gasteiger partial charge on any atom is -0.507 e. The molecule has 0 saturated carbocycles. The summed E-state index contributed by atoms with van der Waals surface area (Å²) in [7, 11) is 0. The molecule has 1 aliphatic rings. The molecule has 0 radical (unpaired) electrons. The number of carbonyl (C=O) groups excluding carboxylic acids is 3. The summed E-state index contributed by atoms with van der Waals surface area (Å²) in [5.74, 6) is -1.10. The molecule has 33 heavy (non-hydrogen) atoms.